The zero-order chi connectivity index (χ0) is 20.8. The van der Waals surface area contributed by atoms with Crippen LogP contribution >= 0.6 is 0 Å². The zero-order valence-electron chi connectivity index (χ0n) is 18.0. The Morgan fingerprint density at radius 3 is 2.47 bits per heavy atom. The molecule has 3 aromatic rings. The minimum absolute atomic E-state index is 0.137. The normalized spacial score (nSPS) is 17.5. The summed E-state index contributed by atoms with van der Waals surface area (Å²) in [7, 11) is 0. The number of nitrogens with zero attached hydrogens (tertiary/aromatic N) is 4. The van der Waals surface area contributed by atoms with E-state index in [4.69, 9.17) is 4.98 Å². The Bertz CT molecular complexity index is 1080. The molecule has 0 atom stereocenters. The second kappa shape index (κ2) is 7.42. The fourth-order valence-electron chi connectivity index (χ4n) is 4.69. The summed E-state index contributed by atoms with van der Waals surface area (Å²) in [4.78, 5) is 20.0. The molecular weight excluding hydrogens is 374 g/mol. The average Bonchev–Trinajstić information content (AvgIpc) is 3.41. The van der Waals surface area contributed by atoms with E-state index in [1.54, 1.807) is 0 Å². The molecule has 30 heavy (non-hydrogen) atoms. The van der Waals surface area contributed by atoms with Gasteiger partial charge in [0.25, 0.3) is 5.91 Å². The van der Waals surface area contributed by atoms with Crippen LogP contribution in [0.1, 0.15) is 76.5 Å². The van der Waals surface area contributed by atoms with Gasteiger partial charge in [0.15, 0.2) is 5.82 Å². The third-order valence-corrected chi connectivity index (χ3v) is 6.65. The number of likely N-dealkylation sites (tertiary alicyclic amines) is 1. The highest BCUT2D eigenvalue weighted by atomic mass is 16.2. The molecule has 0 radical (unpaired) electrons. The van der Waals surface area contributed by atoms with E-state index >= 15 is 0 Å². The molecule has 1 aromatic carbocycles. The first-order valence-corrected chi connectivity index (χ1v) is 11.0. The first kappa shape index (κ1) is 19.1. The highest BCUT2D eigenvalue weighted by Crippen LogP contribution is 2.38. The summed E-state index contributed by atoms with van der Waals surface area (Å²) < 4.78 is 2.20. The standard InChI is InChI=1S/C24H29N5O/c1-15-6-4-5-7-21(15)29-16(2)14-20(17(29)3)24(30)28-12-10-19(11-13-28)23-25-22(26-27-23)18-8-9-18/h4-7,14,18-19H,8-13H2,1-3H3,(H,25,26,27). The number of amides is 1. The van der Waals surface area contributed by atoms with Crippen LogP contribution < -0.4 is 0 Å². The lowest BCUT2D eigenvalue weighted by Crippen LogP contribution is -2.38. The minimum Gasteiger partial charge on any atom is -0.339 e. The predicted octanol–water partition coefficient (Wildman–Crippen LogP) is 4.42. The Kier molecular flexibility index (Phi) is 4.72. The first-order valence-electron chi connectivity index (χ1n) is 11.0. The number of para-hydroxylation sites is 1. The van der Waals surface area contributed by atoms with Crippen molar-refractivity contribution in [3.05, 3.63) is 64.5 Å². The van der Waals surface area contributed by atoms with Crippen molar-refractivity contribution in [2.45, 2.75) is 58.3 Å². The summed E-state index contributed by atoms with van der Waals surface area (Å²) in [6.45, 7) is 7.75. The Balaban J connectivity index is 1.31. The van der Waals surface area contributed by atoms with Gasteiger partial charge in [-0.1, -0.05) is 18.2 Å². The van der Waals surface area contributed by atoms with Gasteiger partial charge < -0.3 is 9.47 Å². The van der Waals surface area contributed by atoms with Crippen molar-refractivity contribution >= 4 is 5.91 Å². The van der Waals surface area contributed by atoms with Crippen molar-refractivity contribution in [2.24, 2.45) is 0 Å². The van der Waals surface area contributed by atoms with Crippen LogP contribution in [0.2, 0.25) is 0 Å². The third kappa shape index (κ3) is 3.34. The second-order valence-electron chi connectivity index (χ2n) is 8.83. The van der Waals surface area contributed by atoms with E-state index in [0.29, 0.717) is 11.8 Å². The monoisotopic (exact) mass is 403 g/mol. The van der Waals surface area contributed by atoms with Gasteiger partial charge in [-0.25, -0.2) is 4.98 Å². The number of aromatic amines is 1. The Labute approximate surface area is 177 Å². The molecule has 1 N–H and O–H groups in total. The van der Waals surface area contributed by atoms with E-state index in [-0.39, 0.29) is 5.91 Å². The number of aromatic nitrogens is 4. The fourth-order valence-corrected chi connectivity index (χ4v) is 4.69. The lowest BCUT2D eigenvalue weighted by Gasteiger charge is -2.31. The molecule has 0 unspecified atom stereocenters. The molecular formula is C24H29N5O. The maximum atomic E-state index is 13.3. The molecule has 0 spiro atoms. The molecule has 1 aliphatic heterocycles. The Morgan fingerprint density at radius 1 is 1.03 bits per heavy atom. The fraction of sp³-hybridized carbons (Fsp3) is 0.458. The zero-order valence-corrected chi connectivity index (χ0v) is 18.0. The number of carbonyl (C=O) groups is 1. The van der Waals surface area contributed by atoms with E-state index < -0.39 is 0 Å². The van der Waals surface area contributed by atoms with Gasteiger partial charge in [-0.05, 0) is 64.2 Å². The van der Waals surface area contributed by atoms with Crippen molar-refractivity contribution in [3.8, 4) is 5.69 Å². The molecule has 5 rings (SSSR count). The number of nitrogens with one attached hydrogen (secondary N) is 1. The number of carbonyl (C=O) groups excluding carboxylic acids is 1. The SMILES string of the molecule is Cc1ccccc1-n1c(C)cc(C(=O)N2CCC(c3nc(C4CC4)n[nH]3)CC2)c1C. The summed E-state index contributed by atoms with van der Waals surface area (Å²) >= 11 is 0. The van der Waals surface area contributed by atoms with Gasteiger partial charge in [-0.2, -0.15) is 5.10 Å². The summed E-state index contributed by atoms with van der Waals surface area (Å²) in [6, 6.07) is 10.4. The van der Waals surface area contributed by atoms with Crippen molar-refractivity contribution in [3.63, 3.8) is 0 Å². The van der Waals surface area contributed by atoms with E-state index in [1.807, 2.05) is 30.0 Å². The van der Waals surface area contributed by atoms with Crippen LogP contribution in [0.5, 0.6) is 0 Å². The predicted molar refractivity (Wildman–Crippen MR) is 116 cm³/mol. The molecule has 1 saturated carbocycles. The number of benzene rings is 1. The lowest BCUT2D eigenvalue weighted by atomic mass is 9.95. The third-order valence-electron chi connectivity index (χ3n) is 6.65. The number of hydrogen-bond acceptors (Lipinski definition) is 3. The number of aryl methyl sites for hydroxylation is 2. The minimum atomic E-state index is 0.137. The summed E-state index contributed by atoms with van der Waals surface area (Å²) in [5.74, 6) is 3.06. The van der Waals surface area contributed by atoms with Gasteiger partial charge in [0, 0.05) is 42.0 Å². The Morgan fingerprint density at radius 2 is 1.77 bits per heavy atom. The van der Waals surface area contributed by atoms with E-state index in [9.17, 15) is 4.79 Å². The summed E-state index contributed by atoms with van der Waals surface area (Å²) in [6.07, 6.45) is 4.29. The molecule has 2 aromatic heterocycles. The van der Waals surface area contributed by atoms with Crippen molar-refractivity contribution < 1.29 is 4.79 Å². The van der Waals surface area contributed by atoms with Crippen molar-refractivity contribution in [2.75, 3.05) is 13.1 Å². The first-order chi connectivity index (χ1) is 14.5. The van der Waals surface area contributed by atoms with Gasteiger partial charge in [-0.3, -0.25) is 9.89 Å². The van der Waals surface area contributed by atoms with Gasteiger partial charge in [0.05, 0.1) is 5.56 Å². The van der Waals surface area contributed by atoms with Crippen LogP contribution in [0.15, 0.2) is 30.3 Å². The van der Waals surface area contributed by atoms with Crippen LogP contribution in [0, 0.1) is 20.8 Å². The molecule has 6 heteroatoms. The molecule has 1 saturated heterocycles. The van der Waals surface area contributed by atoms with Gasteiger partial charge in [0.2, 0.25) is 0 Å². The summed E-state index contributed by atoms with van der Waals surface area (Å²) in [5, 5.41) is 7.54. The number of piperidine rings is 1. The number of H-pyrrole nitrogens is 1. The second-order valence-corrected chi connectivity index (χ2v) is 8.83. The van der Waals surface area contributed by atoms with Crippen LogP contribution in [0.25, 0.3) is 5.69 Å². The van der Waals surface area contributed by atoms with E-state index in [0.717, 1.165) is 60.2 Å². The molecule has 2 fully saturated rings. The van der Waals surface area contributed by atoms with Crippen molar-refractivity contribution in [1.82, 2.24) is 24.6 Å². The van der Waals surface area contributed by atoms with E-state index in [1.165, 1.54) is 18.4 Å². The molecule has 156 valence electrons. The lowest BCUT2D eigenvalue weighted by molar-refractivity contribution is 0.0710. The Hall–Kier alpha value is -2.89. The number of hydrogen-bond donors (Lipinski definition) is 1. The van der Waals surface area contributed by atoms with Gasteiger partial charge in [0.1, 0.15) is 5.82 Å². The topological polar surface area (TPSA) is 66.8 Å². The van der Waals surface area contributed by atoms with Crippen LogP contribution in [0.3, 0.4) is 0 Å². The van der Waals surface area contributed by atoms with Gasteiger partial charge >= 0.3 is 0 Å². The van der Waals surface area contributed by atoms with Crippen LogP contribution in [-0.4, -0.2) is 43.6 Å². The van der Waals surface area contributed by atoms with Gasteiger partial charge in [-0.15, -0.1) is 0 Å². The maximum absolute atomic E-state index is 13.3. The molecule has 2 aliphatic rings. The van der Waals surface area contributed by atoms with Crippen LogP contribution in [-0.2, 0) is 0 Å². The molecule has 1 amide bonds. The number of rotatable bonds is 4. The molecule has 1 aliphatic carbocycles. The molecule has 6 nitrogen and oxygen atoms in total. The highest BCUT2D eigenvalue weighted by molar-refractivity contribution is 5.96. The molecule has 0 bridgehead atoms. The smallest absolute Gasteiger partial charge is 0.255 e. The van der Waals surface area contributed by atoms with Crippen molar-refractivity contribution in [1.29, 1.82) is 0 Å². The van der Waals surface area contributed by atoms with Crippen LogP contribution in [0.4, 0.5) is 0 Å². The largest absolute Gasteiger partial charge is 0.339 e. The summed E-state index contributed by atoms with van der Waals surface area (Å²) in [5.41, 5.74) is 5.26. The molecule has 3 heterocycles. The average molecular weight is 404 g/mol. The maximum Gasteiger partial charge on any atom is 0.255 e. The highest BCUT2D eigenvalue weighted by Gasteiger charge is 2.31. The quantitative estimate of drug-likeness (QED) is 0.701. The van der Waals surface area contributed by atoms with E-state index in [2.05, 4.69) is 40.7 Å².